The van der Waals surface area contributed by atoms with Gasteiger partial charge in [0.05, 0.1) is 10.7 Å². The Balaban J connectivity index is 0.00000225. The van der Waals surface area contributed by atoms with Gasteiger partial charge in [-0.3, -0.25) is 4.99 Å². The van der Waals surface area contributed by atoms with Crippen molar-refractivity contribution in [2.24, 2.45) is 4.99 Å². The lowest BCUT2D eigenvalue weighted by molar-refractivity contribution is 0.583. The topological polar surface area (TPSA) is 49.3 Å². The summed E-state index contributed by atoms with van der Waals surface area (Å²) in [5.41, 5.74) is 1.38. The fourth-order valence-electron chi connectivity index (χ4n) is 3.43. The third-order valence-electron chi connectivity index (χ3n) is 4.90. The number of aliphatic imine (C=N–C) groups is 1. The van der Waals surface area contributed by atoms with Crippen molar-refractivity contribution in [3.05, 3.63) is 15.6 Å². The monoisotopic (exact) mass is 494 g/mol. The second-order valence-electron chi connectivity index (χ2n) is 7.04. The van der Waals surface area contributed by atoms with Crippen LogP contribution in [-0.2, 0) is 19.3 Å². The van der Waals surface area contributed by atoms with Gasteiger partial charge in [0.25, 0.3) is 0 Å². The summed E-state index contributed by atoms with van der Waals surface area (Å²) in [7, 11) is 1.86. The summed E-state index contributed by atoms with van der Waals surface area (Å²) < 4.78 is 0.373. The zero-order valence-electron chi connectivity index (χ0n) is 15.4. The molecule has 2 N–H and O–H groups in total. The van der Waals surface area contributed by atoms with E-state index in [1.165, 1.54) is 55.0 Å². The zero-order chi connectivity index (χ0) is 16.8. The molecule has 0 saturated carbocycles. The largest absolute Gasteiger partial charge is 0.356 e. The lowest BCUT2D eigenvalue weighted by Gasteiger charge is -2.24. The summed E-state index contributed by atoms with van der Waals surface area (Å²) in [6.45, 7) is 4.31. The molecule has 1 aliphatic heterocycles. The number of hydrogen-bond donors (Lipinski definition) is 2. The second-order valence-corrected chi connectivity index (χ2v) is 9.89. The fraction of sp³-hybridized carbons (Fsp3) is 0.778. The SMILES string of the molecule is CN=C(NCCCc1nc2c(s1)CCCC2)NCC1(C)CCCS1.I. The third kappa shape index (κ3) is 6.27. The number of nitrogens with zero attached hydrogens (tertiary/aromatic N) is 2. The molecular weight excluding hydrogens is 463 g/mol. The van der Waals surface area contributed by atoms with Crippen molar-refractivity contribution in [1.82, 2.24) is 15.6 Å². The van der Waals surface area contributed by atoms with Crippen molar-refractivity contribution in [1.29, 1.82) is 0 Å². The molecule has 0 radical (unpaired) electrons. The van der Waals surface area contributed by atoms with Crippen molar-refractivity contribution in [3.8, 4) is 0 Å². The average molecular weight is 495 g/mol. The van der Waals surface area contributed by atoms with Crippen LogP contribution in [0.5, 0.6) is 0 Å². The van der Waals surface area contributed by atoms with Crippen LogP contribution in [0.3, 0.4) is 0 Å². The molecule has 0 aromatic carbocycles. The first-order valence-electron chi connectivity index (χ1n) is 9.24. The Bertz CT molecular complexity index is 544. The van der Waals surface area contributed by atoms with Gasteiger partial charge in [0.2, 0.25) is 0 Å². The van der Waals surface area contributed by atoms with E-state index in [9.17, 15) is 0 Å². The number of thioether (sulfide) groups is 1. The first kappa shape index (κ1) is 21.3. The van der Waals surface area contributed by atoms with Gasteiger partial charge in [-0.05, 0) is 57.6 Å². The number of nitrogens with one attached hydrogen (secondary N) is 2. The number of thiazole rings is 1. The van der Waals surface area contributed by atoms with E-state index in [0.717, 1.165) is 31.9 Å². The van der Waals surface area contributed by atoms with Crippen LogP contribution < -0.4 is 10.6 Å². The van der Waals surface area contributed by atoms with Crippen molar-refractivity contribution in [2.75, 3.05) is 25.9 Å². The normalized spacial score (nSPS) is 23.0. The molecule has 2 aliphatic rings. The molecule has 1 saturated heterocycles. The number of hydrogen-bond acceptors (Lipinski definition) is 4. The predicted octanol–water partition coefficient (Wildman–Crippen LogP) is 4.02. The van der Waals surface area contributed by atoms with E-state index in [2.05, 4.69) is 34.3 Å². The number of fused-ring (bicyclic) bond motifs is 1. The molecule has 7 heteroatoms. The molecule has 1 aromatic heterocycles. The van der Waals surface area contributed by atoms with Crippen LogP contribution in [0.25, 0.3) is 0 Å². The summed E-state index contributed by atoms with van der Waals surface area (Å²) in [6, 6.07) is 0. The maximum absolute atomic E-state index is 4.83. The van der Waals surface area contributed by atoms with Gasteiger partial charge in [-0.15, -0.1) is 35.3 Å². The van der Waals surface area contributed by atoms with Gasteiger partial charge in [0.15, 0.2) is 5.96 Å². The Labute approximate surface area is 177 Å². The minimum Gasteiger partial charge on any atom is -0.356 e. The van der Waals surface area contributed by atoms with Crippen molar-refractivity contribution in [2.45, 2.75) is 63.0 Å². The number of halogens is 1. The molecule has 1 aliphatic carbocycles. The Kier molecular flexibility index (Phi) is 8.81. The van der Waals surface area contributed by atoms with E-state index in [4.69, 9.17) is 4.98 Å². The maximum atomic E-state index is 4.83. The highest BCUT2D eigenvalue weighted by Crippen LogP contribution is 2.36. The van der Waals surface area contributed by atoms with Crippen LogP contribution in [0.4, 0.5) is 0 Å². The van der Waals surface area contributed by atoms with Crippen LogP contribution in [0.15, 0.2) is 4.99 Å². The molecule has 1 atom stereocenters. The van der Waals surface area contributed by atoms with E-state index in [1.54, 1.807) is 4.88 Å². The summed E-state index contributed by atoms with van der Waals surface area (Å²) in [4.78, 5) is 10.7. The van der Waals surface area contributed by atoms with Gasteiger partial charge >= 0.3 is 0 Å². The van der Waals surface area contributed by atoms with Crippen molar-refractivity contribution in [3.63, 3.8) is 0 Å². The summed E-state index contributed by atoms with van der Waals surface area (Å²) in [6.07, 6.45) is 9.93. The second kappa shape index (κ2) is 10.3. The zero-order valence-corrected chi connectivity index (χ0v) is 19.4. The van der Waals surface area contributed by atoms with Crippen LogP contribution in [0.1, 0.15) is 54.6 Å². The smallest absolute Gasteiger partial charge is 0.191 e. The first-order chi connectivity index (χ1) is 11.7. The summed E-state index contributed by atoms with van der Waals surface area (Å²) in [5, 5.41) is 8.27. The van der Waals surface area contributed by atoms with Crippen molar-refractivity contribution >= 4 is 53.0 Å². The van der Waals surface area contributed by atoms with Gasteiger partial charge in [-0.2, -0.15) is 11.8 Å². The molecule has 1 aromatic rings. The Morgan fingerprint density at radius 3 is 2.80 bits per heavy atom. The number of aryl methyl sites for hydroxylation is 3. The minimum atomic E-state index is 0. The molecule has 2 heterocycles. The number of rotatable bonds is 6. The molecule has 142 valence electrons. The molecule has 0 amide bonds. The minimum absolute atomic E-state index is 0. The molecular formula is C18H31IN4S2. The quantitative estimate of drug-likeness (QED) is 0.272. The van der Waals surface area contributed by atoms with E-state index in [0.29, 0.717) is 4.75 Å². The van der Waals surface area contributed by atoms with E-state index >= 15 is 0 Å². The third-order valence-corrected chi connectivity index (χ3v) is 7.66. The maximum Gasteiger partial charge on any atom is 0.191 e. The van der Waals surface area contributed by atoms with E-state index in [-0.39, 0.29) is 24.0 Å². The molecule has 0 bridgehead atoms. The number of guanidine groups is 1. The Morgan fingerprint density at radius 1 is 1.24 bits per heavy atom. The standard InChI is InChI=1S/C18H30N4S2.HI/c1-18(10-6-12-23-18)13-21-17(19-2)20-11-5-9-16-22-14-7-3-4-8-15(14)24-16;/h3-13H2,1-2H3,(H2,19,20,21);1H. The van der Waals surface area contributed by atoms with Crippen LogP contribution >= 0.6 is 47.1 Å². The molecule has 1 unspecified atom stereocenters. The lowest BCUT2D eigenvalue weighted by Crippen LogP contribution is -2.43. The fourth-order valence-corrected chi connectivity index (χ4v) is 5.87. The van der Waals surface area contributed by atoms with Gasteiger partial charge in [-0.25, -0.2) is 4.98 Å². The summed E-state index contributed by atoms with van der Waals surface area (Å²) >= 11 is 4.02. The molecule has 3 rings (SSSR count). The highest BCUT2D eigenvalue weighted by molar-refractivity contribution is 14.0. The van der Waals surface area contributed by atoms with Gasteiger partial charge < -0.3 is 10.6 Å². The van der Waals surface area contributed by atoms with Crippen molar-refractivity contribution < 1.29 is 0 Å². The van der Waals surface area contributed by atoms with Crippen LogP contribution in [0, 0.1) is 0 Å². The van der Waals surface area contributed by atoms with Crippen LogP contribution in [-0.4, -0.2) is 41.6 Å². The Hall–Kier alpha value is -0.0200. The van der Waals surface area contributed by atoms with Gasteiger partial charge in [0, 0.05) is 36.2 Å². The molecule has 0 spiro atoms. The van der Waals surface area contributed by atoms with Gasteiger partial charge in [-0.1, -0.05) is 0 Å². The van der Waals surface area contributed by atoms with E-state index in [1.807, 2.05) is 18.4 Å². The molecule has 1 fully saturated rings. The number of aromatic nitrogens is 1. The first-order valence-corrected chi connectivity index (χ1v) is 11.0. The highest BCUT2D eigenvalue weighted by Gasteiger charge is 2.29. The highest BCUT2D eigenvalue weighted by atomic mass is 127. The lowest BCUT2D eigenvalue weighted by atomic mass is 10.0. The molecule has 4 nitrogen and oxygen atoms in total. The van der Waals surface area contributed by atoms with E-state index < -0.39 is 0 Å². The average Bonchev–Trinajstić information content (AvgIpc) is 3.20. The molecule has 25 heavy (non-hydrogen) atoms. The van der Waals surface area contributed by atoms with Crippen LogP contribution in [0.2, 0.25) is 0 Å². The Morgan fingerprint density at radius 2 is 2.08 bits per heavy atom. The van der Waals surface area contributed by atoms with Gasteiger partial charge in [0.1, 0.15) is 0 Å². The predicted molar refractivity (Wildman–Crippen MR) is 122 cm³/mol. The summed E-state index contributed by atoms with van der Waals surface area (Å²) in [5.74, 6) is 2.23.